The number of pyridine rings is 1. The van der Waals surface area contributed by atoms with Crippen molar-refractivity contribution in [3.63, 3.8) is 0 Å². The molecule has 7 heteroatoms. The van der Waals surface area contributed by atoms with Crippen LogP contribution in [0.1, 0.15) is 0 Å². The zero-order chi connectivity index (χ0) is 13.9. The molecule has 0 fully saturated rings. The highest BCUT2D eigenvalue weighted by molar-refractivity contribution is 5.69. The molecule has 2 aromatic rings. The van der Waals surface area contributed by atoms with Gasteiger partial charge in [-0.3, -0.25) is 10.8 Å². The monoisotopic (exact) mass is 269 g/mol. The number of halogens is 3. The molecule has 0 aliphatic rings. The molecule has 0 aliphatic carbocycles. The van der Waals surface area contributed by atoms with E-state index in [1.165, 1.54) is 30.5 Å². The third-order valence-corrected chi connectivity index (χ3v) is 2.32. The zero-order valence-corrected chi connectivity index (χ0v) is 9.61. The number of rotatable bonds is 3. The van der Waals surface area contributed by atoms with Crippen molar-refractivity contribution in [3.8, 4) is 17.0 Å². The van der Waals surface area contributed by atoms with E-state index in [4.69, 9.17) is 5.84 Å². The molecule has 0 atom stereocenters. The molecular formula is C12H10F3N3O. The number of para-hydroxylation sites is 1. The largest absolute Gasteiger partial charge is 0.573 e. The standard InChI is InChI=1S/C12H10F3N3O/c13-12(14,15)19-11-4-2-1-3-9(11)10-7-8(18-16)5-6-17-10/h1-7H,16H2,(H,17,18). The van der Waals surface area contributed by atoms with Crippen LogP contribution < -0.4 is 16.0 Å². The summed E-state index contributed by atoms with van der Waals surface area (Å²) in [4.78, 5) is 4.01. The van der Waals surface area contributed by atoms with Crippen LogP contribution in [0.4, 0.5) is 18.9 Å². The molecule has 19 heavy (non-hydrogen) atoms. The molecule has 0 aliphatic heterocycles. The van der Waals surface area contributed by atoms with Gasteiger partial charge < -0.3 is 10.2 Å². The van der Waals surface area contributed by atoms with Gasteiger partial charge in [0.25, 0.3) is 0 Å². The number of nitrogens with zero attached hydrogens (tertiary/aromatic N) is 1. The van der Waals surface area contributed by atoms with Crippen LogP contribution in [0.15, 0.2) is 42.6 Å². The van der Waals surface area contributed by atoms with E-state index >= 15 is 0 Å². The molecule has 1 heterocycles. The Labute approximate surface area is 107 Å². The first-order chi connectivity index (χ1) is 8.99. The van der Waals surface area contributed by atoms with Gasteiger partial charge in [-0.2, -0.15) is 0 Å². The molecule has 1 aromatic heterocycles. The van der Waals surface area contributed by atoms with E-state index in [2.05, 4.69) is 15.1 Å². The summed E-state index contributed by atoms with van der Waals surface area (Å²) in [5, 5.41) is 0. The van der Waals surface area contributed by atoms with Crippen LogP contribution in [0.3, 0.4) is 0 Å². The Hall–Kier alpha value is -2.28. The SMILES string of the molecule is NNc1ccnc(-c2ccccc2OC(F)(F)F)c1. The lowest BCUT2D eigenvalue weighted by Gasteiger charge is -2.13. The van der Waals surface area contributed by atoms with Crippen LogP contribution in [-0.2, 0) is 0 Å². The molecule has 3 N–H and O–H groups in total. The fourth-order valence-electron chi connectivity index (χ4n) is 1.56. The van der Waals surface area contributed by atoms with Gasteiger partial charge in [0.15, 0.2) is 0 Å². The van der Waals surface area contributed by atoms with E-state index in [-0.39, 0.29) is 11.3 Å². The topological polar surface area (TPSA) is 60.2 Å². The fourth-order valence-corrected chi connectivity index (χ4v) is 1.56. The summed E-state index contributed by atoms with van der Waals surface area (Å²) < 4.78 is 40.9. The van der Waals surface area contributed by atoms with Gasteiger partial charge in [0, 0.05) is 11.8 Å². The summed E-state index contributed by atoms with van der Waals surface area (Å²) in [5.41, 5.74) is 3.50. The molecule has 2 rings (SSSR count). The average Bonchev–Trinajstić information content (AvgIpc) is 2.37. The van der Waals surface area contributed by atoms with E-state index in [9.17, 15) is 13.2 Å². The van der Waals surface area contributed by atoms with Gasteiger partial charge in [-0.15, -0.1) is 13.2 Å². The minimum absolute atomic E-state index is 0.233. The number of ether oxygens (including phenoxy) is 1. The van der Waals surface area contributed by atoms with Crippen molar-refractivity contribution in [2.24, 2.45) is 5.84 Å². The quantitative estimate of drug-likeness (QED) is 0.664. The number of nitrogens with two attached hydrogens (primary N) is 1. The van der Waals surface area contributed by atoms with Crippen LogP contribution >= 0.6 is 0 Å². The van der Waals surface area contributed by atoms with Crippen molar-refractivity contribution in [2.75, 3.05) is 5.43 Å². The lowest BCUT2D eigenvalue weighted by atomic mass is 10.1. The Morgan fingerprint density at radius 2 is 1.89 bits per heavy atom. The van der Waals surface area contributed by atoms with Crippen molar-refractivity contribution < 1.29 is 17.9 Å². The summed E-state index contributed by atoms with van der Waals surface area (Å²) in [7, 11) is 0. The first-order valence-corrected chi connectivity index (χ1v) is 5.27. The highest BCUT2D eigenvalue weighted by atomic mass is 19.4. The number of hydrogen-bond donors (Lipinski definition) is 2. The Morgan fingerprint density at radius 3 is 2.58 bits per heavy atom. The third kappa shape index (κ3) is 3.35. The first-order valence-electron chi connectivity index (χ1n) is 5.27. The average molecular weight is 269 g/mol. The van der Waals surface area contributed by atoms with Gasteiger partial charge in [0.05, 0.1) is 11.4 Å². The van der Waals surface area contributed by atoms with Crippen LogP contribution in [0.2, 0.25) is 0 Å². The van der Waals surface area contributed by atoms with Gasteiger partial charge in [-0.05, 0) is 24.3 Å². The fraction of sp³-hybridized carbons (Fsp3) is 0.0833. The van der Waals surface area contributed by atoms with E-state index in [1.807, 2.05) is 0 Å². The number of anilines is 1. The van der Waals surface area contributed by atoms with E-state index in [0.29, 0.717) is 11.4 Å². The van der Waals surface area contributed by atoms with Crippen LogP contribution in [0.25, 0.3) is 11.3 Å². The molecule has 0 spiro atoms. The first kappa shape index (κ1) is 13.2. The second kappa shape index (κ2) is 5.15. The van der Waals surface area contributed by atoms with Crippen LogP contribution in [-0.4, -0.2) is 11.3 Å². The number of nitrogens with one attached hydrogen (secondary N) is 1. The Balaban J connectivity index is 2.44. The van der Waals surface area contributed by atoms with Gasteiger partial charge in [-0.1, -0.05) is 12.1 Å². The zero-order valence-electron chi connectivity index (χ0n) is 9.61. The summed E-state index contributed by atoms with van der Waals surface area (Å²) in [6.45, 7) is 0. The molecule has 4 nitrogen and oxygen atoms in total. The van der Waals surface area contributed by atoms with Crippen molar-refractivity contribution in [1.29, 1.82) is 0 Å². The Morgan fingerprint density at radius 1 is 1.16 bits per heavy atom. The van der Waals surface area contributed by atoms with E-state index in [1.54, 1.807) is 12.1 Å². The number of hydrogen-bond acceptors (Lipinski definition) is 4. The molecule has 0 bridgehead atoms. The van der Waals surface area contributed by atoms with Gasteiger partial charge in [-0.25, -0.2) is 0 Å². The lowest BCUT2D eigenvalue weighted by Crippen LogP contribution is -2.17. The molecule has 0 saturated heterocycles. The normalized spacial score (nSPS) is 11.2. The van der Waals surface area contributed by atoms with Crippen molar-refractivity contribution in [3.05, 3.63) is 42.6 Å². The number of aromatic nitrogens is 1. The van der Waals surface area contributed by atoms with E-state index < -0.39 is 6.36 Å². The molecular weight excluding hydrogens is 259 g/mol. The van der Waals surface area contributed by atoms with Gasteiger partial charge in [0.2, 0.25) is 0 Å². The highest BCUT2D eigenvalue weighted by Crippen LogP contribution is 2.33. The van der Waals surface area contributed by atoms with Crippen molar-refractivity contribution in [1.82, 2.24) is 4.98 Å². The minimum atomic E-state index is -4.75. The minimum Gasteiger partial charge on any atom is -0.405 e. The summed E-state index contributed by atoms with van der Waals surface area (Å²) in [5.74, 6) is 4.94. The Kier molecular flexibility index (Phi) is 3.57. The molecule has 1 aromatic carbocycles. The summed E-state index contributed by atoms with van der Waals surface area (Å²) in [6, 6.07) is 8.89. The van der Waals surface area contributed by atoms with E-state index in [0.717, 1.165) is 0 Å². The summed E-state index contributed by atoms with van der Waals surface area (Å²) in [6.07, 6.45) is -3.31. The predicted molar refractivity (Wildman–Crippen MR) is 64.2 cm³/mol. The molecule has 0 unspecified atom stereocenters. The Bertz CT molecular complexity index is 572. The maximum absolute atomic E-state index is 12.3. The summed E-state index contributed by atoms with van der Waals surface area (Å²) >= 11 is 0. The molecule has 0 radical (unpaired) electrons. The third-order valence-electron chi connectivity index (χ3n) is 2.32. The number of hydrazine groups is 1. The van der Waals surface area contributed by atoms with Crippen LogP contribution in [0.5, 0.6) is 5.75 Å². The number of benzene rings is 1. The highest BCUT2D eigenvalue weighted by Gasteiger charge is 2.32. The van der Waals surface area contributed by atoms with Crippen molar-refractivity contribution in [2.45, 2.75) is 6.36 Å². The number of nitrogen functional groups attached to an aromatic ring is 1. The smallest absolute Gasteiger partial charge is 0.405 e. The van der Waals surface area contributed by atoms with Gasteiger partial charge in [0.1, 0.15) is 5.75 Å². The predicted octanol–water partition coefficient (Wildman–Crippen LogP) is 2.93. The molecule has 100 valence electrons. The second-order valence-electron chi connectivity index (χ2n) is 3.62. The van der Waals surface area contributed by atoms with Crippen LogP contribution in [0, 0.1) is 0 Å². The van der Waals surface area contributed by atoms with Crippen molar-refractivity contribution >= 4 is 5.69 Å². The maximum atomic E-state index is 12.3. The second-order valence-corrected chi connectivity index (χ2v) is 3.62. The molecule has 0 amide bonds. The van der Waals surface area contributed by atoms with Gasteiger partial charge >= 0.3 is 6.36 Å². The lowest BCUT2D eigenvalue weighted by molar-refractivity contribution is -0.274. The number of alkyl halides is 3. The molecule has 0 saturated carbocycles. The maximum Gasteiger partial charge on any atom is 0.573 e.